The molecule has 130 valence electrons. The number of rotatable bonds is 6. The molecule has 0 radical (unpaired) electrons. The summed E-state index contributed by atoms with van der Waals surface area (Å²) in [5.74, 6) is -0.509. The lowest BCUT2D eigenvalue weighted by atomic mass is 9.89. The van der Waals surface area contributed by atoms with Crippen LogP contribution < -0.4 is 0 Å². The van der Waals surface area contributed by atoms with E-state index >= 15 is 0 Å². The molecule has 0 aliphatic carbocycles. The van der Waals surface area contributed by atoms with E-state index < -0.39 is 12.1 Å². The van der Waals surface area contributed by atoms with Crippen LogP contribution in [0.3, 0.4) is 0 Å². The first-order valence-corrected chi connectivity index (χ1v) is 8.52. The van der Waals surface area contributed by atoms with Gasteiger partial charge in [0.15, 0.2) is 0 Å². The molecule has 5 atom stereocenters. The first-order valence-electron chi connectivity index (χ1n) is 7.64. The topological polar surface area (TPSA) is 93.5 Å². The second kappa shape index (κ2) is 8.94. The Hall–Kier alpha value is -1.73. The minimum atomic E-state index is -0.407. The highest BCUT2D eigenvalue weighted by Crippen LogP contribution is 2.38. The van der Waals surface area contributed by atoms with Crippen molar-refractivity contribution in [3.05, 3.63) is 40.8 Å². The quantitative estimate of drug-likeness (QED) is 0.339. The predicted molar refractivity (Wildman–Crippen MR) is 90.5 cm³/mol. The van der Waals surface area contributed by atoms with E-state index in [0.29, 0.717) is 0 Å². The third-order valence-electron chi connectivity index (χ3n) is 3.94. The summed E-state index contributed by atoms with van der Waals surface area (Å²) < 4.78 is 16.8. The second-order valence-corrected chi connectivity index (χ2v) is 6.70. The van der Waals surface area contributed by atoms with Crippen molar-refractivity contribution < 1.29 is 19.0 Å². The fourth-order valence-corrected chi connectivity index (χ4v) is 3.84. The molecule has 1 aliphatic rings. The van der Waals surface area contributed by atoms with Gasteiger partial charge in [-0.3, -0.25) is 4.79 Å². The van der Waals surface area contributed by atoms with Crippen molar-refractivity contribution >= 4 is 17.7 Å². The van der Waals surface area contributed by atoms with Crippen LogP contribution in [0.2, 0.25) is 0 Å². The van der Waals surface area contributed by atoms with E-state index in [1.807, 2.05) is 37.3 Å². The molecule has 1 aliphatic heterocycles. The lowest BCUT2D eigenvalue weighted by molar-refractivity contribution is -0.162. The molecular weight excluding hydrogens is 330 g/mol. The molecule has 1 aromatic carbocycles. The summed E-state index contributed by atoms with van der Waals surface area (Å²) in [4.78, 5) is 15.1. The number of hydrogen-bond donors (Lipinski definition) is 0. The van der Waals surface area contributed by atoms with Gasteiger partial charge in [0.25, 0.3) is 0 Å². The number of methoxy groups -OCH3 is 1. The van der Waals surface area contributed by atoms with Crippen LogP contribution in [0.15, 0.2) is 40.3 Å². The molecule has 1 saturated heterocycles. The summed E-state index contributed by atoms with van der Waals surface area (Å²) in [5, 5.41) is 3.91. The zero-order valence-electron chi connectivity index (χ0n) is 13.9. The van der Waals surface area contributed by atoms with Gasteiger partial charge in [-0.2, -0.15) is 0 Å². The summed E-state index contributed by atoms with van der Waals surface area (Å²) in [6.45, 7) is 3.38. The monoisotopic (exact) mass is 351 g/mol. The standard InChI is InChI=1S/C16H21N3O4S/c1-10-13(9-22-11(2)20)23-16(15(21-3)14(10)18-19-17)24-12-7-5-4-6-8-12/h4-8,10,13-16H,9H2,1-3H3. The molecule has 5 unspecified atom stereocenters. The molecule has 1 fully saturated rings. The van der Waals surface area contributed by atoms with E-state index in [-0.39, 0.29) is 30.0 Å². The third-order valence-corrected chi connectivity index (χ3v) is 5.10. The number of carbonyl (C=O) groups excluding carboxylic acids is 1. The van der Waals surface area contributed by atoms with Crippen molar-refractivity contribution in [2.45, 2.75) is 42.4 Å². The summed E-state index contributed by atoms with van der Waals surface area (Å²) >= 11 is 1.50. The van der Waals surface area contributed by atoms with Gasteiger partial charge in [0.1, 0.15) is 18.1 Å². The molecular formula is C16H21N3O4S. The normalized spacial score (nSPS) is 29.5. The number of azide groups is 1. The molecule has 1 aromatic rings. The Bertz CT molecular complexity index is 594. The van der Waals surface area contributed by atoms with Gasteiger partial charge in [0.2, 0.25) is 0 Å². The second-order valence-electron chi connectivity index (χ2n) is 5.53. The molecule has 24 heavy (non-hydrogen) atoms. The lowest BCUT2D eigenvalue weighted by Gasteiger charge is -2.43. The summed E-state index contributed by atoms with van der Waals surface area (Å²) in [5.41, 5.74) is 8.53. The van der Waals surface area contributed by atoms with Crippen molar-refractivity contribution in [3.8, 4) is 0 Å². The lowest BCUT2D eigenvalue weighted by Crippen LogP contribution is -2.53. The first-order chi connectivity index (χ1) is 11.6. The molecule has 2 rings (SSSR count). The predicted octanol–water partition coefficient (Wildman–Crippen LogP) is 3.40. The molecule has 0 spiro atoms. The molecule has 8 heteroatoms. The largest absolute Gasteiger partial charge is 0.463 e. The molecule has 0 N–H and O–H groups in total. The Labute approximate surface area is 145 Å². The van der Waals surface area contributed by atoms with Gasteiger partial charge < -0.3 is 14.2 Å². The van der Waals surface area contributed by atoms with E-state index in [0.717, 1.165) is 4.90 Å². The highest BCUT2D eigenvalue weighted by molar-refractivity contribution is 7.99. The average Bonchev–Trinajstić information content (AvgIpc) is 2.57. The van der Waals surface area contributed by atoms with E-state index in [9.17, 15) is 4.79 Å². The van der Waals surface area contributed by atoms with Gasteiger partial charge in [0, 0.05) is 23.8 Å². The molecule has 0 saturated carbocycles. The number of ether oxygens (including phenoxy) is 3. The Morgan fingerprint density at radius 3 is 2.71 bits per heavy atom. The number of thioether (sulfide) groups is 1. The summed E-state index contributed by atoms with van der Waals surface area (Å²) in [7, 11) is 1.57. The van der Waals surface area contributed by atoms with E-state index in [1.165, 1.54) is 18.7 Å². The molecule has 0 bridgehead atoms. The highest BCUT2D eigenvalue weighted by atomic mass is 32.2. The van der Waals surface area contributed by atoms with E-state index in [2.05, 4.69) is 10.0 Å². The number of benzene rings is 1. The van der Waals surface area contributed by atoms with Crippen molar-refractivity contribution in [1.29, 1.82) is 0 Å². The number of esters is 1. The van der Waals surface area contributed by atoms with Crippen molar-refractivity contribution in [2.75, 3.05) is 13.7 Å². The number of carbonyl (C=O) groups is 1. The summed E-state index contributed by atoms with van der Waals surface area (Å²) in [6.07, 6.45) is -0.758. The van der Waals surface area contributed by atoms with Crippen molar-refractivity contribution in [3.63, 3.8) is 0 Å². The number of nitrogens with zero attached hydrogens (tertiary/aromatic N) is 3. The van der Waals surface area contributed by atoms with Crippen LogP contribution in [0.4, 0.5) is 0 Å². The van der Waals surface area contributed by atoms with Gasteiger partial charge in [-0.25, -0.2) is 0 Å². The average molecular weight is 351 g/mol. The van der Waals surface area contributed by atoms with Crippen LogP contribution in [-0.2, 0) is 19.0 Å². The van der Waals surface area contributed by atoms with Crippen LogP contribution in [0.1, 0.15) is 13.8 Å². The maximum absolute atomic E-state index is 11.1. The van der Waals surface area contributed by atoms with Gasteiger partial charge in [-0.1, -0.05) is 42.0 Å². The Balaban J connectivity index is 2.21. The fourth-order valence-electron chi connectivity index (χ4n) is 2.65. The minimum Gasteiger partial charge on any atom is -0.463 e. The van der Waals surface area contributed by atoms with E-state index in [4.69, 9.17) is 19.7 Å². The Morgan fingerprint density at radius 2 is 2.12 bits per heavy atom. The van der Waals surface area contributed by atoms with Gasteiger partial charge in [-0.05, 0) is 23.6 Å². The van der Waals surface area contributed by atoms with Crippen LogP contribution >= 0.6 is 11.8 Å². The third kappa shape index (κ3) is 4.64. The SMILES string of the molecule is COC1C(Sc2ccccc2)OC(COC(C)=O)C(C)C1N=[N+]=[N-]. The maximum atomic E-state index is 11.1. The van der Waals surface area contributed by atoms with Crippen molar-refractivity contribution in [1.82, 2.24) is 0 Å². The maximum Gasteiger partial charge on any atom is 0.302 e. The van der Waals surface area contributed by atoms with Crippen LogP contribution in [-0.4, -0.2) is 43.4 Å². The fraction of sp³-hybridized carbons (Fsp3) is 0.562. The van der Waals surface area contributed by atoms with Crippen LogP contribution in [0.5, 0.6) is 0 Å². The first kappa shape index (κ1) is 18.6. The van der Waals surface area contributed by atoms with Crippen LogP contribution in [0.25, 0.3) is 10.4 Å². The zero-order chi connectivity index (χ0) is 17.5. The van der Waals surface area contributed by atoms with Crippen LogP contribution in [0, 0.1) is 5.92 Å². The summed E-state index contributed by atoms with van der Waals surface area (Å²) in [6, 6.07) is 9.36. The smallest absolute Gasteiger partial charge is 0.302 e. The molecule has 0 amide bonds. The minimum absolute atomic E-state index is 0.121. The molecule has 1 heterocycles. The van der Waals surface area contributed by atoms with E-state index in [1.54, 1.807) is 7.11 Å². The van der Waals surface area contributed by atoms with Gasteiger partial charge in [-0.15, -0.1) is 0 Å². The van der Waals surface area contributed by atoms with Crippen molar-refractivity contribution in [2.24, 2.45) is 11.0 Å². The van der Waals surface area contributed by atoms with Gasteiger partial charge >= 0.3 is 5.97 Å². The molecule has 7 nitrogen and oxygen atoms in total. The van der Waals surface area contributed by atoms with Gasteiger partial charge in [0.05, 0.1) is 12.1 Å². The Morgan fingerprint density at radius 1 is 1.42 bits per heavy atom. The highest BCUT2D eigenvalue weighted by Gasteiger charge is 2.44. The molecule has 0 aromatic heterocycles. The zero-order valence-corrected chi connectivity index (χ0v) is 14.7. The number of hydrogen-bond acceptors (Lipinski definition) is 6. The Kier molecular flexibility index (Phi) is 6.93.